The molecular formula is C17H21NO3. The second kappa shape index (κ2) is 5.17. The van der Waals surface area contributed by atoms with Gasteiger partial charge in [-0.3, -0.25) is 9.59 Å². The van der Waals surface area contributed by atoms with Gasteiger partial charge in [0.1, 0.15) is 0 Å². The second-order valence-electron chi connectivity index (χ2n) is 6.27. The summed E-state index contributed by atoms with van der Waals surface area (Å²) in [4.78, 5) is 25.4. The number of amides is 1. The Morgan fingerprint density at radius 1 is 1.24 bits per heavy atom. The monoisotopic (exact) mass is 287 g/mol. The minimum Gasteiger partial charge on any atom is -0.481 e. The summed E-state index contributed by atoms with van der Waals surface area (Å²) >= 11 is 0. The molecule has 2 aliphatic rings. The van der Waals surface area contributed by atoms with Gasteiger partial charge in [0.15, 0.2) is 0 Å². The van der Waals surface area contributed by atoms with E-state index in [2.05, 4.69) is 26.0 Å². The Labute approximate surface area is 124 Å². The maximum atomic E-state index is 12.6. The van der Waals surface area contributed by atoms with Gasteiger partial charge >= 0.3 is 5.97 Å². The fourth-order valence-corrected chi connectivity index (χ4v) is 3.44. The Morgan fingerprint density at radius 2 is 2.00 bits per heavy atom. The Balaban J connectivity index is 1.82. The van der Waals surface area contributed by atoms with Gasteiger partial charge in [0.05, 0.1) is 17.9 Å². The standard InChI is InChI=1S/C17H21NO3/c1-10-5-3-6-12(11(10)2)15-7-4-8-18(15)16(19)13-9-14(13)17(20)21/h3,5-6,13-15H,4,7-9H2,1-2H3,(H,20,21)/t13-,14+,15-/m0/s1. The molecule has 1 saturated heterocycles. The number of carboxylic acid groups (broad SMARTS) is 1. The van der Waals surface area contributed by atoms with Crippen molar-refractivity contribution in [3.63, 3.8) is 0 Å². The van der Waals surface area contributed by atoms with Crippen LogP contribution in [-0.4, -0.2) is 28.4 Å². The molecule has 1 amide bonds. The van der Waals surface area contributed by atoms with Crippen molar-refractivity contribution in [2.24, 2.45) is 11.8 Å². The van der Waals surface area contributed by atoms with E-state index in [4.69, 9.17) is 5.11 Å². The summed E-state index contributed by atoms with van der Waals surface area (Å²) in [6, 6.07) is 6.34. The topological polar surface area (TPSA) is 57.6 Å². The molecule has 1 aliphatic heterocycles. The number of nitrogens with zero attached hydrogens (tertiary/aromatic N) is 1. The van der Waals surface area contributed by atoms with E-state index in [0.717, 1.165) is 19.4 Å². The number of carbonyl (C=O) groups excluding carboxylic acids is 1. The molecule has 1 N–H and O–H groups in total. The molecular weight excluding hydrogens is 266 g/mol. The molecule has 0 bridgehead atoms. The van der Waals surface area contributed by atoms with Crippen LogP contribution >= 0.6 is 0 Å². The normalized spacial score (nSPS) is 27.7. The third-order valence-corrected chi connectivity index (χ3v) is 4.97. The van der Waals surface area contributed by atoms with Crippen LogP contribution in [0.15, 0.2) is 18.2 Å². The number of carbonyl (C=O) groups is 2. The van der Waals surface area contributed by atoms with Crippen LogP contribution in [0.25, 0.3) is 0 Å². The smallest absolute Gasteiger partial charge is 0.307 e. The molecule has 0 spiro atoms. The van der Waals surface area contributed by atoms with Crippen LogP contribution in [-0.2, 0) is 9.59 Å². The molecule has 1 saturated carbocycles. The lowest BCUT2D eigenvalue weighted by atomic mass is 9.96. The Bertz CT molecular complexity index is 596. The minimum absolute atomic E-state index is 0.0332. The largest absolute Gasteiger partial charge is 0.481 e. The average molecular weight is 287 g/mol. The minimum atomic E-state index is -0.837. The number of carboxylic acids is 1. The van der Waals surface area contributed by atoms with E-state index in [-0.39, 0.29) is 17.9 Å². The van der Waals surface area contributed by atoms with E-state index in [1.807, 2.05) is 11.0 Å². The number of hydrogen-bond acceptors (Lipinski definition) is 2. The summed E-state index contributed by atoms with van der Waals surface area (Å²) in [6.07, 6.45) is 2.47. The highest BCUT2D eigenvalue weighted by atomic mass is 16.4. The fourth-order valence-electron chi connectivity index (χ4n) is 3.44. The first-order valence-corrected chi connectivity index (χ1v) is 7.60. The number of aliphatic carboxylic acids is 1. The third-order valence-electron chi connectivity index (χ3n) is 4.97. The van der Waals surface area contributed by atoms with Gasteiger partial charge in [-0.15, -0.1) is 0 Å². The van der Waals surface area contributed by atoms with E-state index in [1.54, 1.807) is 0 Å². The summed E-state index contributed by atoms with van der Waals surface area (Å²) in [5.41, 5.74) is 3.70. The number of likely N-dealkylation sites (tertiary alicyclic amines) is 1. The summed E-state index contributed by atoms with van der Waals surface area (Å²) in [6.45, 7) is 4.93. The van der Waals surface area contributed by atoms with E-state index >= 15 is 0 Å². The van der Waals surface area contributed by atoms with Crippen LogP contribution in [0.2, 0.25) is 0 Å². The van der Waals surface area contributed by atoms with Gasteiger partial charge < -0.3 is 10.0 Å². The van der Waals surface area contributed by atoms with Crippen LogP contribution < -0.4 is 0 Å². The van der Waals surface area contributed by atoms with Gasteiger partial charge in [-0.25, -0.2) is 0 Å². The van der Waals surface area contributed by atoms with E-state index in [9.17, 15) is 9.59 Å². The van der Waals surface area contributed by atoms with Crippen LogP contribution in [0, 0.1) is 25.7 Å². The molecule has 1 heterocycles. The van der Waals surface area contributed by atoms with E-state index < -0.39 is 11.9 Å². The van der Waals surface area contributed by atoms with Crippen LogP contribution in [0.4, 0.5) is 0 Å². The van der Waals surface area contributed by atoms with Crippen LogP contribution in [0.1, 0.15) is 42.0 Å². The zero-order valence-electron chi connectivity index (χ0n) is 12.5. The highest BCUT2D eigenvalue weighted by molar-refractivity contribution is 5.89. The Kier molecular flexibility index (Phi) is 3.47. The zero-order chi connectivity index (χ0) is 15.1. The van der Waals surface area contributed by atoms with Crippen LogP contribution in [0.5, 0.6) is 0 Å². The fraction of sp³-hybridized carbons (Fsp3) is 0.529. The molecule has 1 aromatic rings. The molecule has 0 radical (unpaired) electrons. The maximum Gasteiger partial charge on any atom is 0.307 e. The summed E-state index contributed by atoms with van der Waals surface area (Å²) in [5.74, 6) is -1.56. The summed E-state index contributed by atoms with van der Waals surface area (Å²) in [5, 5.41) is 9.01. The first kappa shape index (κ1) is 14.1. The van der Waals surface area contributed by atoms with Crippen molar-refractivity contribution < 1.29 is 14.7 Å². The number of aryl methyl sites for hydroxylation is 1. The molecule has 3 atom stereocenters. The average Bonchev–Trinajstić information content (AvgIpc) is 3.12. The van der Waals surface area contributed by atoms with Crippen molar-refractivity contribution >= 4 is 11.9 Å². The van der Waals surface area contributed by atoms with Crippen molar-refractivity contribution in [3.05, 3.63) is 34.9 Å². The molecule has 21 heavy (non-hydrogen) atoms. The summed E-state index contributed by atoms with van der Waals surface area (Å²) < 4.78 is 0. The number of hydrogen-bond donors (Lipinski definition) is 1. The van der Waals surface area contributed by atoms with Crippen LogP contribution in [0.3, 0.4) is 0 Å². The van der Waals surface area contributed by atoms with Crippen molar-refractivity contribution in [2.45, 2.75) is 39.2 Å². The van der Waals surface area contributed by atoms with Gasteiger partial charge in [-0.2, -0.15) is 0 Å². The predicted octanol–water partition coefficient (Wildman–Crippen LogP) is 2.69. The molecule has 4 heteroatoms. The first-order chi connectivity index (χ1) is 10.0. The van der Waals surface area contributed by atoms with Crippen molar-refractivity contribution in [1.82, 2.24) is 4.90 Å². The lowest BCUT2D eigenvalue weighted by Crippen LogP contribution is -2.33. The quantitative estimate of drug-likeness (QED) is 0.930. The second-order valence-corrected chi connectivity index (χ2v) is 6.27. The highest BCUT2D eigenvalue weighted by Gasteiger charge is 2.51. The SMILES string of the molecule is Cc1cccc([C@@H]2CCCN2C(=O)[C@H]2C[C@H]2C(=O)O)c1C. The molecule has 2 fully saturated rings. The molecule has 0 unspecified atom stereocenters. The molecule has 1 aliphatic carbocycles. The maximum absolute atomic E-state index is 12.6. The first-order valence-electron chi connectivity index (χ1n) is 7.60. The van der Waals surface area contributed by atoms with Crippen molar-refractivity contribution in [1.29, 1.82) is 0 Å². The lowest BCUT2D eigenvalue weighted by molar-refractivity contribution is -0.142. The van der Waals surface area contributed by atoms with E-state index in [0.29, 0.717) is 6.42 Å². The lowest BCUT2D eigenvalue weighted by Gasteiger charge is -2.27. The van der Waals surface area contributed by atoms with Gasteiger partial charge in [-0.1, -0.05) is 18.2 Å². The predicted molar refractivity (Wildman–Crippen MR) is 78.8 cm³/mol. The molecule has 1 aromatic carbocycles. The van der Waals surface area contributed by atoms with Gasteiger partial charge in [-0.05, 0) is 49.8 Å². The molecule has 3 rings (SSSR count). The third kappa shape index (κ3) is 2.43. The molecule has 4 nitrogen and oxygen atoms in total. The van der Waals surface area contributed by atoms with Gasteiger partial charge in [0.25, 0.3) is 0 Å². The summed E-state index contributed by atoms with van der Waals surface area (Å²) in [7, 11) is 0. The van der Waals surface area contributed by atoms with Crippen molar-refractivity contribution in [2.75, 3.05) is 6.54 Å². The van der Waals surface area contributed by atoms with Crippen molar-refractivity contribution in [3.8, 4) is 0 Å². The Hall–Kier alpha value is -1.84. The number of benzene rings is 1. The number of rotatable bonds is 3. The molecule has 0 aromatic heterocycles. The zero-order valence-corrected chi connectivity index (χ0v) is 12.5. The van der Waals surface area contributed by atoms with Gasteiger partial charge in [0.2, 0.25) is 5.91 Å². The van der Waals surface area contributed by atoms with Gasteiger partial charge in [0, 0.05) is 6.54 Å². The highest BCUT2D eigenvalue weighted by Crippen LogP contribution is 2.44. The van der Waals surface area contributed by atoms with E-state index in [1.165, 1.54) is 16.7 Å². The Morgan fingerprint density at radius 3 is 2.67 bits per heavy atom. The molecule has 112 valence electrons.